The molecule has 0 spiro atoms. The number of non-ortho nitro benzene ring substituents is 1. The van der Waals surface area contributed by atoms with Gasteiger partial charge in [0.05, 0.1) is 4.92 Å². The number of carbonyl (C=O) groups is 4. The zero-order chi connectivity index (χ0) is 28.5. The lowest BCUT2D eigenvalue weighted by Crippen LogP contribution is -2.55. The average Bonchev–Trinajstić information content (AvgIpc) is 2.83. The van der Waals surface area contributed by atoms with E-state index in [1.54, 1.807) is 45.0 Å². The van der Waals surface area contributed by atoms with E-state index in [0.717, 1.165) is 5.56 Å². The second-order valence-electron chi connectivity index (χ2n) is 9.64. The first-order valence-electron chi connectivity index (χ1n) is 11.9. The van der Waals surface area contributed by atoms with Crippen LogP contribution in [-0.2, 0) is 25.5 Å². The molecule has 0 aliphatic carbocycles. The summed E-state index contributed by atoms with van der Waals surface area (Å²) in [7, 11) is 0. The Hall–Kier alpha value is -4.48. The van der Waals surface area contributed by atoms with Crippen molar-refractivity contribution >= 4 is 35.2 Å². The van der Waals surface area contributed by atoms with E-state index in [9.17, 15) is 29.3 Å². The molecular weight excluding hydrogens is 494 g/mol. The van der Waals surface area contributed by atoms with Gasteiger partial charge in [0.15, 0.2) is 0 Å². The molecule has 2 aromatic carbocycles. The molecule has 0 unspecified atom stereocenters. The SMILES string of the molecule is C[C@H](NC(=O)OC(C)(C)C)C(=O)N[C@@H](C)C(=O)N[C@@H](Cc1ccccc1)C(=O)Nc1ccc([N+](=O)[O-])cc1. The second kappa shape index (κ2) is 13.2. The smallest absolute Gasteiger partial charge is 0.408 e. The predicted molar refractivity (Wildman–Crippen MR) is 140 cm³/mol. The lowest BCUT2D eigenvalue weighted by molar-refractivity contribution is -0.384. The van der Waals surface area contributed by atoms with Gasteiger partial charge in [-0.2, -0.15) is 0 Å². The van der Waals surface area contributed by atoms with E-state index in [1.807, 2.05) is 6.07 Å². The van der Waals surface area contributed by atoms with Crippen LogP contribution >= 0.6 is 0 Å². The number of hydrogen-bond acceptors (Lipinski definition) is 7. The first-order chi connectivity index (χ1) is 17.7. The Morgan fingerprint density at radius 2 is 1.39 bits per heavy atom. The minimum atomic E-state index is -1.03. The van der Waals surface area contributed by atoms with Gasteiger partial charge in [0.1, 0.15) is 23.7 Å². The van der Waals surface area contributed by atoms with Crippen molar-refractivity contribution in [2.24, 2.45) is 0 Å². The monoisotopic (exact) mass is 527 g/mol. The van der Waals surface area contributed by atoms with E-state index in [-0.39, 0.29) is 12.1 Å². The fourth-order valence-electron chi connectivity index (χ4n) is 3.21. The van der Waals surface area contributed by atoms with Crippen LogP contribution in [0.5, 0.6) is 0 Å². The third kappa shape index (κ3) is 9.88. The molecule has 0 aromatic heterocycles. The molecule has 12 nitrogen and oxygen atoms in total. The number of nitrogens with one attached hydrogen (secondary N) is 4. The lowest BCUT2D eigenvalue weighted by Gasteiger charge is -2.24. The van der Waals surface area contributed by atoms with Gasteiger partial charge < -0.3 is 26.0 Å². The van der Waals surface area contributed by atoms with Crippen molar-refractivity contribution in [3.8, 4) is 0 Å². The van der Waals surface area contributed by atoms with Crippen molar-refractivity contribution in [1.29, 1.82) is 0 Å². The summed E-state index contributed by atoms with van der Waals surface area (Å²) in [6, 6.07) is 11.3. The van der Waals surface area contributed by atoms with E-state index in [1.165, 1.54) is 38.1 Å². The molecule has 0 radical (unpaired) electrons. The van der Waals surface area contributed by atoms with Crippen LogP contribution in [-0.4, -0.2) is 52.5 Å². The fraction of sp³-hybridized carbons (Fsp3) is 0.385. The fourth-order valence-corrected chi connectivity index (χ4v) is 3.21. The second-order valence-corrected chi connectivity index (χ2v) is 9.64. The van der Waals surface area contributed by atoms with Gasteiger partial charge in [-0.15, -0.1) is 0 Å². The summed E-state index contributed by atoms with van der Waals surface area (Å²) >= 11 is 0. The van der Waals surface area contributed by atoms with Crippen LogP contribution in [0.4, 0.5) is 16.2 Å². The first-order valence-corrected chi connectivity index (χ1v) is 11.9. The Bertz CT molecular complexity index is 1150. The molecule has 0 aliphatic heterocycles. The first kappa shape index (κ1) is 29.7. The Kier molecular flexibility index (Phi) is 10.3. The van der Waals surface area contributed by atoms with Crippen LogP contribution < -0.4 is 21.3 Å². The molecule has 0 heterocycles. The third-order valence-corrected chi connectivity index (χ3v) is 5.14. The summed E-state index contributed by atoms with van der Waals surface area (Å²) in [5.41, 5.74) is 0.230. The van der Waals surface area contributed by atoms with E-state index < -0.39 is 52.5 Å². The van der Waals surface area contributed by atoms with Crippen molar-refractivity contribution in [2.75, 3.05) is 5.32 Å². The van der Waals surface area contributed by atoms with Crippen molar-refractivity contribution in [1.82, 2.24) is 16.0 Å². The zero-order valence-electron chi connectivity index (χ0n) is 21.9. The summed E-state index contributed by atoms with van der Waals surface area (Å²) in [6.45, 7) is 7.95. The van der Waals surface area contributed by atoms with Crippen LogP contribution in [0.15, 0.2) is 54.6 Å². The number of alkyl carbamates (subject to hydrolysis) is 1. The van der Waals surface area contributed by atoms with Crippen molar-refractivity contribution in [3.05, 3.63) is 70.3 Å². The van der Waals surface area contributed by atoms with Gasteiger partial charge in [0, 0.05) is 24.2 Å². The lowest BCUT2D eigenvalue weighted by atomic mass is 10.0. The van der Waals surface area contributed by atoms with E-state index in [0.29, 0.717) is 5.69 Å². The molecule has 0 fully saturated rings. The number of rotatable bonds is 10. The van der Waals surface area contributed by atoms with Gasteiger partial charge >= 0.3 is 6.09 Å². The maximum Gasteiger partial charge on any atom is 0.408 e. The number of nitro groups is 1. The molecule has 0 saturated carbocycles. The van der Waals surface area contributed by atoms with Crippen LogP contribution in [0.3, 0.4) is 0 Å². The maximum atomic E-state index is 13.1. The number of benzene rings is 2. The topological polar surface area (TPSA) is 169 Å². The summed E-state index contributed by atoms with van der Waals surface area (Å²) in [5, 5.41) is 21.1. The molecule has 2 aromatic rings. The molecule has 3 atom stereocenters. The highest BCUT2D eigenvalue weighted by molar-refractivity contribution is 5.99. The van der Waals surface area contributed by atoms with Crippen LogP contribution in [0.1, 0.15) is 40.2 Å². The van der Waals surface area contributed by atoms with Gasteiger partial charge in [-0.3, -0.25) is 24.5 Å². The predicted octanol–water partition coefficient (Wildman–Crippen LogP) is 2.68. The Morgan fingerprint density at radius 1 is 0.842 bits per heavy atom. The molecule has 38 heavy (non-hydrogen) atoms. The number of hydrogen-bond donors (Lipinski definition) is 4. The highest BCUT2D eigenvalue weighted by Crippen LogP contribution is 2.16. The minimum Gasteiger partial charge on any atom is -0.444 e. The highest BCUT2D eigenvalue weighted by atomic mass is 16.6. The van der Waals surface area contributed by atoms with E-state index in [4.69, 9.17) is 4.74 Å². The summed E-state index contributed by atoms with van der Waals surface area (Å²) in [6.07, 6.45) is -0.619. The molecule has 12 heteroatoms. The number of amides is 4. The highest BCUT2D eigenvalue weighted by Gasteiger charge is 2.27. The zero-order valence-corrected chi connectivity index (χ0v) is 21.9. The molecule has 4 amide bonds. The average molecular weight is 528 g/mol. The van der Waals surface area contributed by atoms with Crippen LogP contribution in [0.2, 0.25) is 0 Å². The Balaban J connectivity index is 2.05. The van der Waals surface area contributed by atoms with Gasteiger partial charge in [-0.25, -0.2) is 4.79 Å². The van der Waals surface area contributed by atoms with Gasteiger partial charge in [-0.05, 0) is 52.3 Å². The largest absolute Gasteiger partial charge is 0.444 e. The Morgan fingerprint density at radius 3 is 1.95 bits per heavy atom. The Labute approximate surface area is 220 Å². The van der Waals surface area contributed by atoms with Crippen LogP contribution in [0, 0.1) is 10.1 Å². The summed E-state index contributed by atoms with van der Waals surface area (Å²) < 4.78 is 5.13. The number of nitro benzene ring substituents is 1. The van der Waals surface area contributed by atoms with Crippen molar-refractivity contribution in [2.45, 2.75) is 64.8 Å². The molecule has 4 N–H and O–H groups in total. The third-order valence-electron chi connectivity index (χ3n) is 5.14. The van der Waals surface area contributed by atoms with E-state index in [2.05, 4.69) is 21.3 Å². The standard InChI is InChI=1S/C26H33N5O7/c1-16(27-22(32)17(2)28-25(35)38-26(3,4)5)23(33)30-21(15-18-9-7-6-8-10-18)24(34)29-19-11-13-20(14-12-19)31(36)37/h6-14,16-17,21H,15H2,1-5H3,(H,27,32)(H,28,35)(H,29,34)(H,30,33)/t16-,17-,21-/m0/s1. The summed E-state index contributed by atoms with van der Waals surface area (Å²) in [4.78, 5) is 60.7. The van der Waals surface area contributed by atoms with Crippen molar-refractivity contribution < 1.29 is 28.8 Å². The normalized spacial score (nSPS) is 13.3. The molecule has 0 saturated heterocycles. The molecular formula is C26H33N5O7. The number of anilines is 1. The molecule has 0 aliphatic rings. The molecule has 2 rings (SSSR count). The van der Waals surface area contributed by atoms with Crippen LogP contribution in [0.25, 0.3) is 0 Å². The van der Waals surface area contributed by atoms with Gasteiger partial charge in [0.2, 0.25) is 17.7 Å². The number of carbonyl (C=O) groups excluding carboxylic acids is 4. The maximum absolute atomic E-state index is 13.1. The van der Waals surface area contributed by atoms with E-state index >= 15 is 0 Å². The van der Waals surface area contributed by atoms with Gasteiger partial charge in [-0.1, -0.05) is 30.3 Å². The van der Waals surface area contributed by atoms with Gasteiger partial charge in [0.25, 0.3) is 5.69 Å². The number of nitrogens with zero attached hydrogens (tertiary/aromatic N) is 1. The molecule has 204 valence electrons. The minimum absolute atomic E-state index is 0.128. The summed E-state index contributed by atoms with van der Waals surface area (Å²) in [5.74, 6) is -1.79. The number of ether oxygens (including phenoxy) is 1. The molecule has 0 bridgehead atoms. The quantitative estimate of drug-likeness (QED) is 0.272. The van der Waals surface area contributed by atoms with Crippen molar-refractivity contribution in [3.63, 3.8) is 0 Å².